The molecule has 0 unspecified atom stereocenters. The molecule has 2 N–H and O–H groups in total. The molecule has 5 nitrogen and oxygen atoms in total. The molecule has 0 bridgehead atoms. The summed E-state index contributed by atoms with van der Waals surface area (Å²) in [5.41, 5.74) is 0. The first-order chi connectivity index (χ1) is 7.07. The molecule has 5 heteroatoms. The van der Waals surface area contributed by atoms with Gasteiger partial charge in [-0.1, -0.05) is 5.92 Å². The molecule has 0 aromatic carbocycles. The van der Waals surface area contributed by atoms with Gasteiger partial charge in [0.15, 0.2) is 0 Å². The van der Waals surface area contributed by atoms with Crippen LogP contribution in [0.2, 0.25) is 0 Å². The highest BCUT2D eigenvalue weighted by atomic mass is 16.4. The van der Waals surface area contributed by atoms with E-state index in [-0.39, 0.29) is 12.5 Å². The number of carbonyl (C=O) groups excluding carboxylic acids is 1. The van der Waals surface area contributed by atoms with E-state index in [4.69, 9.17) is 5.11 Å². The Kier molecular flexibility index (Phi) is 6.81. The number of nitrogens with one attached hydrogen (secondary N) is 1. The Balaban J connectivity index is 3.62. The summed E-state index contributed by atoms with van der Waals surface area (Å²) < 4.78 is 0. The highest BCUT2D eigenvalue weighted by Crippen LogP contribution is 1.88. The Morgan fingerprint density at radius 1 is 1.47 bits per heavy atom. The zero-order valence-electron chi connectivity index (χ0n) is 9.04. The molecule has 0 saturated heterocycles. The molecule has 0 aromatic rings. The molecule has 2 amide bonds. The van der Waals surface area contributed by atoms with Gasteiger partial charge >= 0.3 is 12.0 Å². The minimum atomic E-state index is -0.852. The van der Waals surface area contributed by atoms with Crippen LogP contribution in [0.15, 0.2) is 0 Å². The van der Waals surface area contributed by atoms with Crippen LogP contribution in [0, 0.1) is 11.8 Å². The van der Waals surface area contributed by atoms with E-state index in [1.807, 2.05) is 0 Å². The largest absolute Gasteiger partial charge is 0.481 e. The van der Waals surface area contributed by atoms with Crippen molar-refractivity contribution >= 4 is 12.0 Å². The van der Waals surface area contributed by atoms with Crippen molar-refractivity contribution in [1.29, 1.82) is 0 Å². The predicted octanol–water partition coefficient (Wildman–Crippen LogP) is 0.516. The van der Waals surface area contributed by atoms with Gasteiger partial charge in [0.05, 0.1) is 6.54 Å². The van der Waals surface area contributed by atoms with Crippen LogP contribution < -0.4 is 5.32 Å². The molecule has 0 heterocycles. The molecular weight excluding hydrogens is 196 g/mol. The Morgan fingerprint density at radius 3 is 2.67 bits per heavy atom. The maximum absolute atomic E-state index is 11.3. The molecular formula is C10H16N2O3. The number of carboxylic acids is 1. The fourth-order valence-electron chi connectivity index (χ4n) is 0.839. The average molecular weight is 212 g/mol. The van der Waals surface area contributed by atoms with Gasteiger partial charge in [0.25, 0.3) is 0 Å². The molecule has 0 atom stereocenters. The first kappa shape index (κ1) is 13.3. The molecule has 0 fully saturated rings. The normalized spacial score (nSPS) is 8.67. The topological polar surface area (TPSA) is 69.6 Å². The van der Waals surface area contributed by atoms with E-state index in [0.29, 0.717) is 19.5 Å². The maximum atomic E-state index is 11.3. The zero-order valence-corrected chi connectivity index (χ0v) is 9.04. The lowest BCUT2D eigenvalue weighted by Crippen LogP contribution is -2.38. The zero-order chi connectivity index (χ0) is 11.7. The second-order valence-electron chi connectivity index (χ2n) is 3.01. The first-order valence-electron chi connectivity index (χ1n) is 4.68. The van der Waals surface area contributed by atoms with E-state index in [2.05, 4.69) is 17.2 Å². The number of aliphatic carboxylic acids is 1. The Bertz CT molecular complexity index is 278. The number of carbonyl (C=O) groups is 2. The Morgan fingerprint density at radius 2 is 2.13 bits per heavy atom. The SMILES string of the molecule is CC#CCN(C)C(=O)NCCCC(=O)O. The van der Waals surface area contributed by atoms with Crippen LogP contribution in [0.4, 0.5) is 4.79 Å². The number of hydrogen-bond donors (Lipinski definition) is 2. The van der Waals surface area contributed by atoms with Gasteiger partial charge in [-0.25, -0.2) is 4.79 Å². The quantitative estimate of drug-likeness (QED) is 0.515. The summed E-state index contributed by atoms with van der Waals surface area (Å²) in [5.74, 6) is 4.59. The van der Waals surface area contributed by atoms with E-state index in [1.165, 1.54) is 4.90 Å². The van der Waals surface area contributed by atoms with Gasteiger partial charge in [0.1, 0.15) is 0 Å². The van der Waals surface area contributed by atoms with Crippen LogP contribution in [0.3, 0.4) is 0 Å². The number of hydrogen-bond acceptors (Lipinski definition) is 2. The third-order valence-corrected chi connectivity index (χ3v) is 1.68. The Hall–Kier alpha value is -1.70. The van der Waals surface area contributed by atoms with Crippen molar-refractivity contribution in [2.75, 3.05) is 20.1 Å². The van der Waals surface area contributed by atoms with E-state index in [0.717, 1.165) is 0 Å². The number of nitrogens with zero attached hydrogens (tertiary/aromatic N) is 1. The molecule has 0 saturated carbocycles. The van der Waals surface area contributed by atoms with E-state index in [1.54, 1.807) is 14.0 Å². The molecule has 0 radical (unpaired) electrons. The van der Waals surface area contributed by atoms with E-state index in [9.17, 15) is 9.59 Å². The molecule has 0 aliphatic rings. The molecule has 0 spiro atoms. The molecule has 0 aliphatic heterocycles. The number of carboxylic acid groups (broad SMARTS) is 1. The van der Waals surface area contributed by atoms with Crippen LogP contribution in [-0.4, -0.2) is 42.1 Å². The summed E-state index contributed by atoms with van der Waals surface area (Å²) in [7, 11) is 1.64. The van der Waals surface area contributed by atoms with Gasteiger partial charge in [-0.15, -0.1) is 5.92 Å². The minimum absolute atomic E-state index is 0.0682. The summed E-state index contributed by atoms with van der Waals surface area (Å²) in [5, 5.41) is 11.0. The van der Waals surface area contributed by atoms with Crippen molar-refractivity contribution < 1.29 is 14.7 Å². The number of rotatable bonds is 5. The highest BCUT2D eigenvalue weighted by molar-refractivity contribution is 5.74. The van der Waals surface area contributed by atoms with Crippen LogP contribution in [0.1, 0.15) is 19.8 Å². The fourth-order valence-corrected chi connectivity index (χ4v) is 0.839. The smallest absolute Gasteiger partial charge is 0.317 e. The van der Waals surface area contributed by atoms with Gasteiger partial charge in [-0.2, -0.15) is 0 Å². The lowest BCUT2D eigenvalue weighted by molar-refractivity contribution is -0.137. The Labute approximate surface area is 89.4 Å². The van der Waals surface area contributed by atoms with Gasteiger partial charge in [-0.05, 0) is 13.3 Å². The van der Waals surface area contributed by atoms with Crippen molar-refractivity contribution in [2.45, 2.75) is 19.8 Å². The lowest BCUT2D eigenvalue weighted by Gasteiger charge is -2.14. The van der Waals surface area contributed by atoms with Crippen molar-refractivity contribution in [3.8, 4) is 11.8 Å². The van der Waals surface area contributed by atoms with Crippen molar-refractivity contribution in [1.82, 2.24) is 10.2 Å². The van der Waals surface area contributed by atoms with Crippen LogP contribution in [-0.2, 0) is 4.79 Å². The first-order valence-corrected chi connectivity index (χ1v) is 4.68. The third kappa shape index (κ3) is 7.38. The average Bonchev–Trinajstić information content (AvgIpc) is 2.20. The highest BCUT2D eigenvalue weighted by Gasteiger charge is 2.05. The molecule has 0 aliphatic carbocycles. The van der Waals surface area contributed by atoms with Crippen LogP contribution in [0.25, 0.3) is 0 Å². The van der Waals surface area contributed by atoms with Gasteiger partial charge in [0.2, 0.25) is 0 Å². The fraction of sp³-hybridized carbons (Fsp3) is 0.600. The molecule has 15 heavy (non-hydrogen) atoms. The van der Waals surface area contributed by atoms with E-state index >= 15 is 0 Å². The summed E-state index contributed by atoms with van der Waals surface area (Å²) in [6.45, 7) is 2.45. The van der Waals surface area contributed by atoms with Gasteiger partial charge in [-0.3, -0.25) is 4.79 Å². The maximum Gasteiger partial charge on any atom is 0.317 e. The number of amides is 2. The van der Waals surface area contributed by atoms with Gasteiger partial charge < -0.3 is 15.3 Å². The predicted molar refractivity (Wildman–Crippen MR) is 56.3 cm³/mol. The molecule has 0 rings (SSSR count). The lowest BCUT2D eigenvalue weighted by atomic mass is 10.3. The second-order valence-corrected chi connectivity index (χ2v) is 3.01. The standard InChI is InChI=1S/C10H16N2O3/c1-3-4-8-12(2)10(15)11-7-5-6-9(13)14/h5-8H2,1-2H3,(H,11,15)(H,13,14). The summed E-state index contributed by atoms with van der Waals surface area (Å²) in [6, 6.07) is -0.233. The van der Waals surface area contributed by atoms with Crippen LogP contribution >= 0.6 is 0 Å². The summed E-state index contributed by atoms with van der Waals surface area (Å²) in [4.78, 5) is 22.9. The third-order valence-electron chi connectivity index (χ3n) is 1.68. The minimum Gasteiger partial charge on any atom is -0.481 e. The monoisotopic (exact) mass is 212 g/mol. The number of urea groups is 1. The molecule has 0 aromatic heterocycles. The summed E-state index contributed by atoms with van der Waals surface area (Å²) >= 11 is 0. The van der Waals surface area contributed by atoms with E-state index < -0.39 is 5.97 Å². The second kappa shape index (κ2) is 7.68. The van der Waals surface area contributed by atoms with Gasteiger partial charge in [0, 0.05) is 20.0 Å². The van der Waals surface area contributed by atoms with Crippen molar-refractivity contribution in [3.05, 3.63) is 0 Å². The van der Waals surface area contributed by atoms with Crippen LogP contribution in [0.5, 0.6) is 0 Å². The summed E-state index contributed by atoms with van der Waals surface area (Å²) in [6.07, 6.45) is 0.507. The molecule has 84 valence electrons. The van der Waals surface area contributed by atoms with Crippen molar-refractivity contribution in [2.24, 2.45) is 0 Å². The van der Waals surface area contributed by atoms with Crippen molar-refractivity contribution in [3.63, 3.8) is 0 Å².